The largest absolute Gasteiger partial charge is 0.312 e. The minimum absolute atomic E-state index is 0. The molecule has 0 saturated carbocycles. The van der Waals surface area contributed by atoms with Crippen LogP contribution in [-0.4, -0.2) is 22.9 Å². The molecule has 1 aliphatic rings. The van der Waals surface area contributed by atoms with Crippen molar-refractivity contribution in [2.24, 2.45) is 0 Å². The van der Waals surface area contributed by atoms with Crippen LogP contribution in [0.4, 0.5) is 0 Å². The molecule has 11 heavy (non-hydrogen) atoms. The van der Waals surface area contributed by atoms with Gasteiger partial charge in [0.15, 0.2) is 0 Å². The van der Waals surface area contributed by atoms with E-state index in [2.05, 4.69) is 23.5 Å². The number of nitrogens with one attached hydrogen (secondary N) is 1. The quantitative estimate of drug-likeness (QED) is 0.680. The van der Waals surface area contributed by atoms with Crippen molar-refractivity contribution in [1.29, 1.82) is 0 Å². The van der Waals surface area contributed by atoms with Gasteiger partial charge in [-0.3, -0.25) is 4.68 Å². The smallest absolute Gasteiger partial charge is 0.0767 e. The Bertz CT molecular complexity index is 229. The Morgan fingerprint density at radius 3 is 2.73 bits per heavy atom. The molecule has 0 amide bonds. The fraction of sp³-hybridized carbons (Fsp3) is 0.571. The number of aromatic nitrogens is 2. The number of hydrogen-bond acceptors (Lipinski definition) is 2. The maximum Gasteiger partial charge on any atom is 0.0767 e. The Kier molecular flexibility index (Phi) is 2.52. The molecule has 1 aromatic rings. The second kappa shape index (κ2) is 3.24. The van der Waals surface area contributed by atoms with Gasteiger partial charge in [-0.25, -0.2) is 0 Å². The SMILES string of the molecule is Cc1cnn(C2CNC2)c1.Cl. The molecule has 0 spiro atoms. The molecule has 0 atom stereocenters. The fourth-order valence-corrected chi connectivity index (χ4v) is 1.09. The third kappa shape index (κ3) is 1.54. The van der Waals surface area contributed by atoms with Crippen LogP contribution in [-0.2, 0) is 0 Å². The molecule has 3 nitrogen and oxygen atoms in total. The second-order valence-corrected chi connectivity index (χ2v) is 2.81. The summed E-state index contributed by atoms with van der Waals surface area (Å²) in [4.78, 5) is 0. The van der Waals surface area contributed by atoms with Crippen LogP contribution < -0.4 is 5.32 Å². The number of aryl methyl sites for hydroxylation is 1. The van der Waals surface area contributed by atoms with Crippen molar-refractivity contribution in [3.63, 3.8) is 0 Å². The summed E-state index contributed by atoms with van der Waals surface area (Å²) >= 11 is 0. The number of halogens is 1. The molecule has 1 fully saturated rings. The average molecular weight is 174 g/mol. The van der Waals surface area contributed by atoms with Crippen LogP contribution in [0.5, 0.6) is 0 Å². The van der Waals surface area contributed by atoms with Crippen LogP contribution in [0.3, 0.4) is 0 Å². The summed E-state index contributed by atoms with van der Waals surface area (Å²) in [7, 11) is 0. The molecule has 0 radical (unpaired) electrons. The zero-order valence-corrected chi connectivity index (χ0v) is 7.27. The minimum atomic E-state index is 0. The van der Waals surface area contributed by atoms with Gasteiger partial charge in [0.25, 0.3) is 0 Å². The lowest BCUT2D eigenvalue weighted by molar-refractivity contribution is 0.318. The summed E-state index contributed by atoms with van der Waals surface area (Å²) in [5.74, 6) is 0. The topological polar surface area (TPSA) is 29.9 Å². The molecule has 2 heterocycles. The first-order valence-corrected chi connectivity index (χ1v) is 3.58. The summed E-state index contributed by atoms with van der Waals surface area (Å²) in [6, 6.07) is 0.605. The van der Waals surface area contributed by atoms with Gasteiger partial charge in [0.2, 0.25) is 0 Å². The Morgan fingerprint density at radius 2 is 2.36 bits per heavy atom. The van der Waals surface area contributed by atoms with Crippen molar-refractivity contribution in [3.8, 4) is 0 Å². The van der Waals surface area contributed by atoms with E-state index in [0.717, 1.165) is 13.1 Å². The van der Waals surface area contributed by atoms with Gasteiger partial charge in [0.1, 0.15) is 0 Å². The van der Waals surface area contributed by atoms with Gasteiger partial charge in [-0.1, -0.05) is 0 Å². The van der Waals surface area contributed by atoms with Gasteiger partial charge in [0.05, 0.1) is 12.2 Å². The van der Waals surface area contributed by atoms with Crippen LogP contribution in [0.1, 0.15) is 11.6 Å². The molecule has 62 valence electrons. The van der Waals surface area contributed by atoms with E-state index in [4.69, 9.17) is 0 Å². The van der Waals surface area contributed by atoms with Crippen LogP contribution in [0.2, 0.25) is 0 Å². The highest BCUT2D eigenvalue weighted by Crippen LogP contribution is 2.10. The lowest BCUT2D eigenvalue weighted by Crippen LogP contribution is -2.43. The third-order valence-corrected chi connectivity index (χ3v) is 1.86. The van der Waals surface area contributed by atoms with Gasteiger partial charge in [0, 0.05) is 19.3 Å². The first-order valence-electron chi connectivity index (χ1n) is 3.58. The van der Waals surface area contributed by atoms with Crippen molar-refractivity contribution in [3.05, 3.63) is 18.0 Å². The van der Waals surface area contributed by atoms with Gasteiger partial charge >= 0.3 is 0 Å². The molecule has 2 rings (SSSR count). The summed E-state index contributed by atoms with van der Waals surface area (Å²) in [6.07, 6.45) is 3.99. The Labute approximate surface area is 72.2 Å². The zero-order valence-electron chi connectivity index (χ0n) is 6.45. The summed E-state index contributed by atoms with van der Waals surface area (Å²) in [6.45, 7) is 4.21. The van der Waals surface area contributed by atoms with Gasteiger partial charge in [-0.05, 0) is 12.5 Å². The third-order valence-electron chi connectivity index (χ3n) is 1.86. The van der Waals surface area contributed by atoms with Crippen molar-refractivity contribution < 1.29 is 0 Å². The van der Waals surface area contributed by atoms with E-state index in [0.29, 0.717) is 6.04 Å². The van der Waals surface area contributed by atoms with Crippen LogP contribution >= 0.6 is 12.4 Å². The lowest BCUT2D eigenvalue weighted by Gasteiger charge is -2.27. The summed E-state index contributed by atoms with van der Waals surface area (Å²) in [5.41, 5.74) is 1.24. The van der Waals surface area contributed by atoms with Gasteiger partial charge in [-0.15, -0.1) is 12.4 Å². The first-order chi connectivity index (χ1) is 4.86. The Morgan fingerprint density at radius 1 is 1.64 bits per heavy atom. The molecule has 0 bridgehead atoms. The average Bonchev–Trinajstić information content (AvgIpc) is 2.10. The van der Waals surface area contributed by atoms with Crippen LogP contribution in [0, 0.1) is 6.92 Å². The van der Waals surface area contributed by atoms with Crippen molar-refractivity contribution >= 4 is 12.4 Å². The highest BCUT2D eigenvalue weighted by molar-refractivity contribution is 5.85. The maximum atomic E-state index is 4.21. The van der Waals surface area contributed by atoms with Crippen LogP contribution in [0.25, 0.3) is 0 Å². The zero-order chi connectivity index (χ0) is 6.97. The predicted molar refractivity (Wildman–Crippen MR) is 46.1 cm³/mol. The van der Waals surface area contributed by atoms with Gasteiger partial charge in [-0.2, -0.15) is 5.10 Å². The second-order valence-electron chi connectivity index (χ2n) is 2.81. The van der Waals surface area contributed by atoms with E-state index in [1.807, 2.05) is 10.9 Å². The monoisotopic (exact) mass is 173 g/mol. The number of rotatable bonds is 1. The van der Waals surface area contributed by atoms with E-state index in [1.54, 1.807) is 0 Å². The van der Waals surface area contributed by atoms with E-state index in [9.17, 15) is 0 Å². The standard InChI is InChI=1S/C7H11N3.ClH/c1-6-2-9-10(5-6)7-3-8-4-7;/h2,5,7-8H,3-4H2,1H3;1H. The van der Waals surface area contributed by atoms with Crippen molar-refractivity contribution in [2.45, 2.75) is 13.0 Å². The lowest BCUT2D eigenvalue weighted by atomic mass is 10.2. The fourth-order valence-electron chi connectivity index (χ4n) is 1.09. The molecular formula is C7H12ClN3. The first kappa shape index (κ1) is 8.56. The molecule has 0 aliphatic carbocycles. The van der Waals surface area contributed by atoms with Crippen molar-refractivity contribution in [2.75, 3.05) is 13.1 Å². The Hall–Kier alpha value is -0.540. The van der Waals surface area contributed by atoms with E-state index >= 15 is 0 Å². The van der Waals surface area contributed by atoms with Gasteiger partial charge < -0.3 is 5.32 Å². The summed E-state index contributed by atoms with van der Waals surface area (Å²) in [5, 5.41) is 7.42. The molecule has 1 aromatic heterocycles. The minimum Gasteiger partial charge on any atom is -0.312 e. The maximum absolute atomic E-state index is 4.21. The molecule has 1 saturated heterocycles. The predicted octanol–water partition coefficient (Wildman–Crippen LogP) is 0.758. The molecule has 0 aromatic carbocycles. The summed E-state index contributed by atoms with van der Waals surface area (Å²) < 4.78 is 2.03. The highest BCUT2D eigenvalue weighted by atomic mass is 35.5. The molecule has 1 N–H and O–H groups in total. The molecule has 0 unspecified atom stereocenters. The number of hydrogen-bond donors (Lipinski definition) is 1. The van der Waals surface area contributed by atoms with E-state index in [-0.39, 0.29) is 12.4 Å². The number of nitrogens with zero attached hydrogens (tertiary/aromatic N) is 2. The van der Waals surface area contributed by atoms with E-state index in [1.165, 1.54) is 5.56 Å². The van der Waals surface area contributed by atoms with E-state index < -0.39 is 0 Å². The Balaban J connectivity index is 0.000000605. The molecular weight excluding hydrogens is 162 g/mol. The normalized spacial score (nSPS) is 17.2. The van der Waals surface area contributed by atoms with Crippen molar-refractivity contribution in [1.82, 2.24) is 15.1 Å². The van der Waals surface area contributed by atoms with Crippen LogP contribution in [0.15, 0.2) is 12.4 Å². The molecule has 1 aliphatic heterocycles. The molecule has 4 heteroatoms. The highest BCUT2D eigenvalue weighted by Gasteiger charge is 2.18.